The molecule has 0 saturated carbocycles. The molecule has 2 nitrogen and oxygen atoms in total. The highest BCUT2D eigenvalue weighted by Crippen LogP contribution is 1.91. The smallest absolute Gasteiger partial charge is 0.0716 e. The number of hydrogen-bond donors (Lipinski definition) is 1. The fourth-order valence-corrected chi connectivity index (χ4v) is 0.233. The van der Waals surface area contributed by atoms with E-state index in [0.29, 0.717) is 6.61 Å². The predicted octanol–water partition coefficient (Wildman–Crippen LogP) is 0.843. The molecule has 0 rings (SSSR count). The van der Waals surface area contributed by atoms with Crippen LogP contribution in [-0.4, -0.2) is 6.61 Å². The third-order valence-corrected chi connectivity index (χ3v) is 0.647. The Morgan fingerprint density at radius 3 is 2.57 bits per heavy atom. The van der Waals surface area contributed by atoms with Gasteiger partial charge in [0.15, 0.2) is 0 Å². The Balaban J connectivity index is 2.82. The lowest BCUT2D eigenvalue weighted by molar-refractivity contribution is 0.141. The molecule has 0 aromatic heterocycles. The summed E-state index contributed by atoms with van der Waals surface area (Å²) in [5.74, 6) is 4.74. The first-order valence-corrected chi connectivity index (χ1v) is 2.23. The highest BCUT2D eigenvalue weighted by Gasteiger charge is 1.81. The highest BCUT2D eigenvalue weighted by atomic mass is 16.6. The van der Waals surface area contributed by atoms with Gasteiger partial charge in [-0.3, -0.25) is 0 Å². The molecule has 0 aliphatic heterocycles. The number of nitrogens with two attached hydrogens (primary N) is 1. The number of hydrogen-bond acceptors (Lipinski definition) is 2. The molecule has 0 atom stereocenters. The van der Waals surface area contributed by atoms with Crippen molar-refractivity contribution in [2.24, 2.45) is 5.90 Å². The molecule has 0 fully saturated rings. The first kappa shape index (κ1) is 6.66. The summed E-state index contributed by atoms with van der Waals surface area (Å²) in [6.45, 7) is 6.18. The fraction of sp³-hybridized carbons (Fsp3) is 0.600. The van der Waals surface area contributed by atoms with Gasteiger partial charge in [0.05, 0.1) is 6.61 Å². The van der Waals surface area contributed by atoms with Gasteiger partial charge in [0.1, 0.15) is 0 Å². The summed E-state index contributed by atoms with van der Waals surface area (Å²) < 4.78 is 0. The Morgan fingerprint density at radius 1 is 1.86 bits per heavy atom. The van der Waals surface area contributed by atoms with Gasteiger partial charge in [0.2, 0.25) is 0 Å². The number of rotatable bonds is 3. The van der Waals surface area contributed by atoms with Crippen LogP contribution in [0.3, 0.4) is 0 Å². The van der Waals surface area contributed by atoms with Crippen LogP contribution in [0.2, 0.25) is 0 Å². The van der Waals surface area contributed by atoms with Gasteiger partial charge in [-0.15, -0.1) is 6.58 Å². The van der Waals surface area contributed by atoms with Gasteiger partial charge in [-0.05, 0) is 13.3 Å². The molecular weight excluding hydrogens is 90.1 g/mol. The molecule has 0 unspecified atom stereocenters. The zero-order valence-electron chi connectivity index (χ0n) is 4.61. The van der Waals surface area contributed by atoms with Crippen LogP contribution in [0.1, 0.15) is 13.3 Å². The molecule has 7 heavy (non-hydrogen) atoms. The summed E-state index contributed by atoms with van der Waals surface area (Å²) in [6.07, 6.45) is 0.858. The van der Waals surface area contributed by atoms with Gasteiger partial charge in [0.25, 0.3) is 0 Å². The zero-order valence-corrected chi connectivity index (χ0v) is 4.61. The van der Waals surface area contributed by atoms with Gasteiger partial charge in [-0.2, -0.15) is 0 Å². The van der Waals surface area contributed by atoms with Crippen molar-refractivity contribution in [1.82, 2.24) is 0 Å². The summed E-state index contributed by atoms with van der Waals surface area (Å²) in [5.41, 5.74) is 1.10. The van der Waals surface area contributed by atoms with Gasteiger partial charge in [-0.1, -0.05) is 5.57 Å². The van der Waals surface area contributed by atoms with Gasteiger partial charge < -0.3 is 4.84 Å². The average Bonchev–Trinajstić information content (AvgIpc) is 1.61. The van der Waals surface area contributed by atoms with E-state index in [-0.39, 0.29) is 0 Å². The third kappa shape index (κ3) is 5.66. The van der Waals surface area contributed by atoms with Crippen molar-refractivity contribution in [3.05, 3.63) is 12.2 Å². The first-order valence-electron chi connectivity index (χ1n) is 2.23. The normalized spacial score (nSPS) is 8.86. The third-order valence-electron chi connectivity index (χ3n) is 0.647. The van der Waals surface area contributed by atoms with E-state index in [1.54, 1.807) is 0 Å². The molecule has 0 aromatic carbocycles. The lowest BCUT2D eigenvalue weighted by Crippen LogP contribution is -2.00. The summed E-state index contributed by atoms with van der Waals surface area (Å²) in [6, 6.07) is 0. The van der Waals surface area contributed by atoms with Crippen molar-refractivity contribution >= 4 is 0 Å². The van der Waals surface area contributed by atoms with Gasteiger partial charge >= 0.3 is 0 Å². The Morgan fingerprint density at radius 2 is 2.43 bits per heavy atom. The molecule has 0 saturated heterocycles. The minimum Gasteiger partial charge on any atom is -0.304 e. The van der Waals surface area contributed by atoms with Crippen molar-refractivity contribution < 1.29 is 4.84 Å². The lowest BCUT2D eigenvalue weighted by atomic mass is 10.3. The topological polar surface area (TPSA) is 35.2 Å². The summed E-state index contributed by atoms with van der Waals surface area (Å²) in [5, 5.41) is 0. The Labute approximate surface area is 43.9 Å². The van der Waals surface area contributed by atoms with E-state index in [1.807, 2.05) is 6.92 Å². The Hall–Kier alpha value is -0.340. The maximum absolute atomic E-state index is 4.74. The fourth-order valence-electron chi connectivity index (χ4n) is 0.233. The molecule has 2 N–H and O–H groups in total. The largest absolute Gasteiger partial charge is 0.304 e. The maximum atomic E-state index is 4.74. The standard InChI is InChI=1S/C5H11NO/c1-5(2)3-4-7-6/h1,3-4,6H2,2H3. The molecule has 0 bridgehead atoms. The highest BCUT2D eigenvalue weighted by molar-refractivity contribution is 4.86. The van der Waals surface area contributed by atoms with Crippen LogP contribution in [0.4, 0.5) is 0 Å². The van der Waals surface area contributed by atoms with Crippen molar-refractivity contribution in [3.63, 3.8) is 0 Å². The average molecular weight is 101 g/mol. The van der Waals surface area contributed by atoms with Gasteiger partial charge in [0, 0.05) is 0 Å². The van der Waals surface area contributed by atoms with E-state index < -0.39 is 0 Å². The van der Waals surface area contributed by atoms with Gasteiger partial charge in [-0.25, -0.2) is 5.90 Å². The first-order chi connectivity index (χ1) is 3.27. The summed E-state index contributed by atoms with van der Waals surface area (Å²) in [7, 11) is 0. The van der Waals surface area contributed by atoms with Crippen LogP contribution in [0.5, 0.6) is 0 Å². The second-order valence-electron chi connectivity index (χ2n) is 1.58. The minimum atomic E-state index is 0.579. The molecule has 0 radical (unpaired) electrons. The van der Waals surface area contributed by atoms with E-state index in [9.17, 15) is 0 Å². The molecule has 0 aliphatic rings. The van der Waals surface area contributed by atoms with Crippen LogP contribution < -0.4 is 5.90 Å². The molecule has 42 valence electrons. The Bertz CT molecular complexity index is 61.1. The van der Waals surface area contributed by atoms with Crippen molar-refractivity contribution in [3.8, 4) is 0 Å². The van der Waals surface area contributed by atoms with E-state index >= 15 is 0 Å². The van der Waals surface area contributed by atoms with E-state index in [0.717, 1.165) is 12.0 Å². The zero-order chi connectivity index (χ0) is 5.70. The minimum absolute atomic E-state index is 0.579. The Kier molecular flexibility index (Phi) is 3.65. The molecule has 0 spiro atoms. The summed E-state index contributed by atoms with van der Waals surface area (Å²) in [4.78, 5) is 4.29. The van der Waals surface area contributed by atoms with Crippen LogP contribution in [0, 0.1) is 0 Å². The summed E-state index contributed by atoms with van der Waals surface area (Å²) >= 11 is 0. The molecular formula is C5H11NO. The molecule has 2 heteroatoms. The van der Waals surface area contributed by atoms with E-state index in [1.165, 1.54) is 0 Å². The lowest BCUT2D eigenvalue weighted by Gasteiger charge is -1.93. The van der Waals surface area contributed by atoms with E-state index in [2.05, 4.69) is 11.4 Å². The van der Waals surface area contributed by atoms with Crippen molar-refractivity contribution in [1.29, 1.82) is 0 Å². The predicted molar refractivity (Wildman–Crippen MR) is 29.6 cm³/mol. The SMILES string of the molecule is C=C(C)CCON. The maximum Gasteiger partial charge on any atom is 0.0716 e. The van der Waals surface area contributed by atoms with Crippen LogP contribution >= 0.6 is 0 Å². The van der Waals surface area contributed by atoms with E-state index in [4.69, 9.17) is 5.90 Å². The van der Waals surface area contributed by atoms with Crippen molar-refractivity contribution in [2.75, 3.05) is 6.61 Å². The van der Waals surface area contributed by atoms with Crippen molar-refractivity contribution in [2.45, 2.75) is 13.3 Å². The second-order valence-corrected chi connectivity index (χ2v) is 1.58. The van der Waals surface area contributed by atoms with Crippen LogP contribution in [0.15, 0.2) is 12.2 Å². The monoisotopic (exact) mass is 101 g/mol. The van der Waals surface area contributed by atoms with Crippen LogP contribution in [0.25, 0.3) is 0 Å². The second kappa shape index (κ2) is 3.84. The molecule has 0 aromatic rings. The molecule has 0 aliphatic carbocycles. The van der Waals surface area contributed by atoms with Crippen LogP contribution in [-0.2, 0) is 4.84 Å². The quantitative estimate of drug-likeness (QED) is 0.422. The molecule has 0 amide bonds. The molecule has 0 heterocycles.